The summed E-state index contributed by atoms with van der Waals surface area (Å²) in [5.41, 5.74) is 11.9. The third-order valence-corrected chi connectivity index (χ3v) is 13.6. The maximum Gasteiger partial charge on any atom is 0.252 e. The first kappa shape index (κ1) is 52.3. The smallest absolute Gasteiger partial charge is 0.252 e. The summed E-state index contributed by atoms with van der Waals surface area (Å²) in [5, 5.41) is 16.2. The number of methoxy groups -OCH3 is 2. The molecule has 0 fully saturated rings. The Morgan fingerprint density at radius 1 is 0.427 bits per heavy atom. The van der Waals surface area contributed by atoms with Crippen LogP contribution < -0.4 is 30.7 Å². The third kappa shape index (κ3) is 10.6. The van der Waals surface area contributed by atoms with Crippen LogP contribution in [0.3, 0.4) is 0 Å². The van der Waals surface area contributed by atoms with Crippen molar-refractivity contribution in [1.29, 1.82) is 0 Å². The second-order valence-electron chi connectivity index (χ2n) is 18.6. The lowest BCUT2D eigenvalue weighted by Crippen LogP contribution is -2.26. The van der Waals surface area contributed by atoms with Crippen molar-refractivity contribution in [3.63, 3.8) is 0 Å². The van der Waals surface area contributed by atoms with Crippen LogP contribution in [0.4, 0.5) is 11.4 Å². The number of hydrogen-bond donors (Lipinski definition) is 4. The Kier molecular flexibility index (Phi) is 15.6. The first-order chi connectivity index (χ1) is 35.8. The molecule has 9 rings (SSSR count). The molecule has 0 saturated carbocycles. The molecule has 378 valence electrons. The van der Waals surface area contributed by atoms with Crippen LogP contribution in [0.25, 0.3) is 66.1 Å². The third-order valence-electron chi connectivity index (χ3n) is 13.6. The fraction of sp³-hybridized carbons (Fsp3) is 0.169. The Balaban J connectivity index is 0.00000747. The van der Waals surface area contributed by atoms with Gasteiger partial charge in [0.1, 0.15) is 11.5 Å². The molecule has 0 aliphatic heterocycles. The largest absolute Gasteiger partial charge is 0.496 e. The first-order valence-corrected chi connectivity index (χ1v) is 24.6. The Morgan fingerprint density at radius 3 is 1.16 bits per heavy atom. The molecule has 75 heavy (non-hydrogen) atoms. The lowest BCUT2D eigenvalue weighted by atomic mass is 9.85. The van der Waals surface area contributed by atoms with E-state index in [4.69, 9.17) is 9.47 Å². The van der Waals surface area contributed by atoms with E-state index in [1.54, 1.807) is 26.4 Å². The predicted molar refractivity (Wildman–Crippen MR) is 306 cm³/mol. The highest BCUT2D eigenvalue weighted by Crippen LogP contribution is 2.50. The number of nitrogens with one attached hydrogen (secondary N) is 4. The molecule has 4 N–H and O–H groups in total. The van der Waals surface area contributed by atoms with E-state index < -0.39 is 0 Å². The van der Waals surface area contributed by atoms with E-state index in [1.165, 1.54) is 13.8 Å². The average Bonchev–Trinajstić information content (AvgIpc) is 3.40. The number of amides is 4. The SMILES string of the molecule is C.COc1cc(C(=O)NC(C)c2ccccc2)cc(OC)c1-c1cccc2cccc(-c3ccc(-c4cccc5cccc(-c6c(C)cc(C(=O)NC(C)c7ccccc7)cc6C)c45)c(NC(C)=O)c3NC(C)=O)c12. The molecular weight excluding hydrogens is 933 g/mol. The van der Waals surface area contributed by atoms with Crippen molar-refractivity contribution in [1.82, 2.24) is 10.6 Å². The van der Waals surface area contributed by atoms with Gasteiger partial charge in [0.15, 0.2) is 0 Å². The van der Waals surface area contributed by atoms with Crippen molar-refractivity contribution in [3.8, 4) is 56.0 Å². The molecule has 2 unspecified atom stereocenters. The molecule has 0 radical (unpaired) electrons. The minimum Gasteiger partial charge on any atom is -0.496 e. The number of hydrogen-bond acceptors (Lipinski definition) is 6. The highest BCUT2D eigenvalue weighted by Gasteiger charge is 2.26. The molecular formula is C65H62N4O6. The van der Waals surface area contributed by atoms with E-state index in [2.05, 4.69) is 39.5 Å². The molecule has 9 aromatic rings. The van der Waals surface area contributed by atoms with Gasteiger partial charge in [0.05, 0.1) is 43.2 Å². The molecule has 0 spiro atoms. The van der Waals surface area contributed by atoms with Crippen molar-refractivity contribution in [3.05, 3.63) is 203 Å². The van der Waals surface area contributed by atoms with Crippen LogP contribution in [0.1, 0.15) is 90.2 Å². The number of benzene rings is 9. The Labute approximate surface area is 439 Å². The van der Waals surface area contributed by atoms with Crippen molar-refractivity contribution in [2.24, 2.45) is 0 Å². The fourth-order valence-corrected chi connectivity index (χ4v) is 10.2. The van der Waals surface area contributed by atoms with Gasteiger partial charge in [-0.1, -0.05) is 153 Å². The Hall–Kier alpha value is -9.02. The van der Waals surface area contributed by atoms with Gasteiger partial charge in [-0.3, -0.25) is 19.2 Å². The highest BCUT2D eigenvalue weighted by molar-refractivity contribution is 6.17. The van der Waals surface area contributed by atoms with Gasteiger partial charge in [-0.15, -0.1) is 0 Å². The maximum atomic E-state index is 13.8. The van der Waals surface area contributed by atoms with Crippen LogP contribution in [0.5, 0.6) is 11.5 Å². The van der Waals surface area contributed by atoms with Crippen LogP contribution in [-0.2, 0) is 9.59 Å². The van der Waals surface area contributed by atoms with E-state index in [0.29, 0.717) is 50.7 Å². The summed E-state index contributed by atoms with van der Waals surface area (Å²) in [6, 6.07) is 54.7. The number of rotatable bonds is 14. The number of fused-ring (bicyclic) bond motifs is 2. The Bertz CT molecular complexity index is 3590. The minimum atomic E-state index is -0.332. The van der Waals surface area contributed by atoms with Crippen molar-refractivity contribution >= 4 is 56.5 Å². The van der Waals surface area contributed by atoms with Gasteiger partial charge in [0.2, 0.25) is 11.8 Å². The Morgan fingerprint density at radius 2 is 0.787 bits per heavy atom. The standard InChI is InChI=1S/C64H58N4O6.CH4/c1-37-33-47(63(71)65-39(3)43-19-11-9-12-20-43)34-38(2)57(37)53-29-17-25-45-23-15-27-49(58(45)53)51-31-32-52(62(68-42(6)70)61(51)67-41(5)69)50-28-16-24-46-26-18-30-54(59(46)50)60-55(73-7)35-48(36-56(60)74-8)64(72)66-40(4)44-21-13-10-14-22-44;/h9-36,39-40H,1-8H3,(H,65,71)(H,66,72)(H,67,69)(H,68,70);1H4. The summed E-state index contributed by atoms with van der Waals surface area (Å²) in [4.78, 5) is 54.4. The summed E-state index contributed by atoms with van der Waals surface area (Å²) in [6.07, 6.45) is 0. The van der Waals surface area contributed by atoms with Gasteiger partial charge in [0.25, 0.3) is 11.8 Å². The zero-order valence-electron chi connectivity index (χ0n) is 42.8. The molecule has 10 nitrogen and oxygen atoms in total. The number of carbonyl (C=O) groups excluding carboxylic acids is 4. The second kappa shape index (κ2) is 22.4. The van der Waals surface area contributed by atoms with Gasteiger partial charge in [-0.05, 0) is 124 Å². The number of carbonyl (C=O) groups is 4. The molecule has 9 aromatic carbocycles. The van der Waals surface area contributed by atoms with Crippen LogP contribution in [0.2, 0.25) is 0 Å². The molecule has 4 amide bonds. The number of anilines is 2. The monoisotopic (exact) mass is 994 g/mol. The van der Waals surface area contributed by atoms with Gasteiger partial charge in [-0.25, -0.2) is 0 Å². The maximum absolute atomic E-state index is 13.8. The normalized spacial score (nSPS) is 11.7. The van der Waals surface area contributed by atoms with Crippen molar-refractivity contribution in [2.45, 2.75) is 61.1 Å². The molecule has 0 saturated heterocycles. The molecule has 10 heteroatoms. The summed E-state index contributed by atoms with van der Waals surface area (Å²) >= 11 is 0. The van der Waals surface area contributed by atoms with Crippen LogP contribution in [0.15, 0.2) is 170 Å². The molecule has 0 aliphatic carbocycles. The van der Waals surface area contributed by atoms with E-state index in [-0.39, 0.29) is 43.1 Å². The summed E-state index contributed by atoms with van der Waals surface area (Å²) in [7, 11) is 3.13. The molecule has 0 heterocycles. The quantitative estimate of drug-likeness (QED) is 0.0857. The van der Waals surface area contributed by atoms with Gasteiger partial charge in [0, 0.05) is 36.1 Å². The molecule has 0 aromatic heterocycles. The van der Waals surface area contributed by atoms with Crippen LogP contribution >= 0.6 is 0 Å². The minimum absolute atomic E-state index is 0. The first-order valence-electron chi connectivity index (χ1n) is 24.6. The summed E-state index contributed by atoms with van der Waals surface area (Å²) in [5.74, 6) is -0.258. The number of ether oxygens (including phenoxy) is 2. The second-order valence-corrected chi connectivity index (χ2v) is 18.6. The van der Waals surface area contributed by atoms with E-state index >= 15 is 0 Å². The highest BCUT2D eigenvalue weighted by atomic mass is 16.5. The predicted octanol–water partition coefficient (Wildman–Crippen LogP) is 14.8. The molecule has 2 atom stereocenters. The lowest BCUT2D eigenvalue weighted by molar-refractivity contribution is -0.115. The van der Waals surface area contributed by atoms with Gasteiger partial charge < -0.3 is 30.7 Å². The average molecular weight is 995 g/mol. The zero-order valence-corrected chi connectivity index (χ0v) is 42.8. The van der Waals surface area contributed by atoms with Gasteiger partial charge in [-0.2, -0.15) is 0 Å². The molecule has 0 aliphatic rings. The fourth-order valence-electron chi connectivity index (χ4n) is 10.2. The summed E-state index contributed by atoms with van der Waals surface area (Å²) < 4.78 is 12.2. The van der Waals surface area contributed by atoms with Crippen molar-refractivity contribution < 1.29 is 28.7 Å². The zero-order chi connectivity index (χ0) is 52.2. The lowest BCUT2D eigenvalue weighted by Gasteiger charge is -2.23. The number of aryl methyl sites for hydroxylation is 2. The van der Waals surface area contributed by atoms with Crippen LogP contribution in [-0.4, -0.2) is 37.8 Å². The topological polar surface area (TPSA) is 135 Å². The van der Waals surface area contributed by atoms with Gasteiger partial charge >= 0.3 is 0 Å². The van der Waals surface area contributed by atoms with E-state index in [0.717, 1.165) is 71.6 Å². The van der Waals surface area contributed by atoms with Crippen molar-refractivity contribution in [2.75, 3.05) is 24.9 Å². The summed E-state index contributed by atoms with van der Waals surface area (Å²) in [6.45, 7) is 10.9. The van der Waals surface area contributed by atoms with Crippen LogP contribution in [0, 0.1) is 13.8 Å². The van der Waals surface area contributed by atoms with E-state index in [9.17, 15) is 19.2 Å². The molecule has 0 bridgehead atoms. The van der Waals surface area contributed by atoms with E-state index in [1.807, 2.05) is 167 Å².